The summed E-state index contributed by atoms with van der Waals surface area (Å²) in [7, 11) is 3.20. The van der Waals surface area contributed by atoms with Gasteiger partial charge in [0.05, 0.1) is 19.2 Å². The fraction of sp³-hybridized carbons (Fsp3) is 0.353. The lowest BCUT2D eigenvalue weighted by Gasteiger charge is -2.34. The third kappa shape index (κ3) is 7.96. The number of amides is 2. The van der Waals surface area contributed by atoms with Gasteiger partial charge in [0.2, 0.25) is 17.8 Å². The smallest absolute Gasteiger partial charge is 0.247 e. The van der Waals surface area contributed by atoms with Crippen molar-refractivity contribution in [2.45, 2.75) is 13.3 Å². The van der Waals surface area contributed by atoms with E-state index in [0.717, 1.165) is 67.2 Å². The number of rotatable bonds is 12. The largest absolute Gasteiger partial charge is 0.497 e. The summed E-state index contributed by atoms with van der Waals surface area (Å²) in [4.78, 5) is 39.4. The maximum atomic E-state index is 11.7. The number of carbonyl (C=O) groups is 2. The Morgan fingerprint density at radius 1 is 1.07 bits per heavy atom. The van der Waals surface area contributed by atoms with E-state index in [-0.39, 0.29) is 11.8 Å². The Hall–Kier alpha value is -4.61. The van der Waals surface area contributed by atoms with Crippen LogP contribution in [0.2, 0.25) is 5.02 Å². The van der Waals surface area contributed by atoms with E-state index >= 15 is 0 Å². The number of methoxy groups -OCH3 is 2. The van der Waals surface area contributed by atoms with E-state index in [2.05, 4.69) is 38.1 Å². The van der Waals surface area contributed by atoms with Gasteiger partial charge in [-0.2, -0.15) is 4.98 Å². The second-order valence-corrected chi connectivity index (χ2v) is 11.5. The minimum atomic E-state index is -0.246. The van der Waals surface area contributed by atoms with Gasteiger partial charge < -0.3 is 29.9 Å². The van der Waals surface area contributed by atoms with Crippen LogP contribution >= 0.6 is 11.6 Å². The van der Waals surface area contributed by atoms with Crippen LogP contribution in [0.5, 0.6) is 11.5 Å². The molecule has 11 nitrogen and oxygen atoms in total. The molecule has 0 aliphatic carbocycles. The summed E-state index contributed by atoms with van der Waals surface area (Å²) in [6.45, 7) is 11.1. The Balaban J connectivity index is 1.35. The fourth-order valence-electron chi connectivity index (χ4n) is 5.58. The van der Waals surface area contributed by atoms with Crippen molar-refractivity contribution in [3.63, 3.8) is 0 Å². The van der Waals surface area contributed by atoms with Crippen LogP contribution in [0.1, 0.15) is 23.6 Å². The fourth-order valence-corrected chi connectivity index (χ4v) is 5.89. The maximum Gasteiger partial charge on any atom is 0.247 e. The van der Waals surface area contributed by atoms with E-state index in [1.54, 1.807) is 27.2 Å². The lowest BCUT2D eigenvalue weighted by Crippen LogP contribution is -2.49. The highest BCUT2D eigenvalue weighted by atomic mass is 35.5. The van der Waals surface area contributed by atoms with Gasteiger partial charge in [-0.05, 0) is 47.9 Å². The van der Waals surface area contributed by atoms with Gasteiger partial charge in [-0.1, -0.05) is 30.3 Å². The van der Waals surface area contributed by atoms with Gasteiger partial charge in [0.15, 0.2) is 0 Å². The minimum absolute atomic E-state index is 0.129. The van der Waals surface area contributed by atoms with Crippen molar-refractivity contribution in [2.24, 2.45) is 0 Å². The molecule has 0 bridgehead atoms. The van der Waals surface area contributed by atoms with Crippen LogP contribution in [-0.4, -0.2) is 98.2 Å². The van der Waals surface area contributed by atoms with Crippen molar-refractivity contribution in [3.8, 4) is 11.5 Å². The molecule has 0 spiro atoms. The molecule has 46 heavy (non-hydrogen) atoms. The average molecular weight is 646 g/mol. The van der Waals surface area contributed by atoms with E-state index < -0.39 is 0 Å². The van der Waals surface area contributed by atoms with Crippen molar-refractivity contribution in [2.75, 3.05) is 82.1 Å². The molecule has 242 valence electrons. The number of halogens is 1. The molecule has 2 aliphatic heterocycles. The zero-order valence-corrected chi connectivity index (χ0v) is 27.3. The predicted molar refractivity (Wildman–Crippen MR) is 183 cm³/mol. The zero-order valence-electron chi connectivity index (χ0n) is 26.5. The molecule has 0 atom stereocenters. The van der Waals surface area contributed by atoms with Gasteiger partial charge in [0.25, 0.3) is 0 Å². The first-order chi connectivity index (χ1) is 22.3. The number of nitrogens with one attached hydrogen (secondary N) is 2. The summed E-state index contributed by atoms with van der Waals surface area (Å²) in [6, 6.07) is 11.5. The predicted octanol–water partition coefficient (Wildman–Crippen LogP) is 4.45. The lowest BCUT2D eigenvalue weighted by molar-refractivity contribution is -0.130. The van der Waals surface area contributed by atoms with Crippen LogP contribution in [0, 0.1) is 0 Å². The van der Waals surface area contributed by atoms with Crippen molar-refractivity contribution in [1.82, 2.24) is 19.8 Å². The second-order valence-electron chi connectivity index (χ2n) is 11.2. The van der Waals surface area contributed by atoms with Crippen molar-refractivity contribution >= 4 is 52.5 Å². The number of piperazine rings is 1. The average Bonchev–Trinajstić information content (AvgIpc) is 3.08. The number of fused-ring (bicyclic) bond motifs is 1. The Morgan fingerprint density at radius 3 is 2.50 bits per heavy atom. The molecule has 5 rings (SSSR count). The van der Waals surface area contributed by atoms with Gasteiger partial charge in [0, 0.05) is 88.4 Å². The van der Waals surface area contributed by atoms with Crippen LogP contribution in [0.15, 0.2) is 55.3 Å². The second kappa shape index (κ2) is 15.1. The number of nitrogens with zero attached hydrogens (tertiary/aromatic N) is 5. The van der Waals surface area contributed by atoms with Crippen molar-refractivity contribution in [1.29, 1.82) is 0 Å². The van der Waals surface area contributed by atoms with E-state index in [9.17, 15) is 9.59 Å². The topological polar surface area (TPSA) is 112 Å². The molecule has 2 N–H and O–H groups in total. The van der Waals surface area contributed by atoms with E-state index in [4.69, 9.17) is 26.1 Å². The van der Waals surface area contributed by atoms with Gasteiger partial charge in [-0.15, -0.1) is 0 Å². The number of aromatic nitrogens is 2. The van der Waals surface area contributed by atoms with E-state index in [0.29, 0.717) is 47.8 Å². The summed E-state index contributed by atoms with van der Waals surface area (Å²) in [5.74, 6) is 2.46. The molecule has 0 saturated carbocycles. The molecule has 1 aromatic heterocycles. The third-order valence-corrected chi connectivity index (χ3v) is 8.60. The molecular weight excluding hydrogens is 606 g/mol. The highest BCUT2D eigenvalue weighted by Crippen LogP contribution is 2.40. The summed E-state index contributed by atoms with van der Waals surface area (Å²) in [5, 5.41) is 6.69. The Labute approximate surface area is 274 Å². The summed E-state index contributed by atoms with van der Waals surface area (Å²) in [6.07, 6.45) is 5.90. The molecule has 12 heteroatoms. The molecule has 3 heterocycles. The van der Waals surface area contributed by atoms with Crippen LogP contribution in [0.4, 0.5) is 17.5 Å². The molecule has 0 unspecified atom stereocenters. The number of carbonyl (C=O) groups excluding carboxylic acids is 2. The monoisotopic (exact) mass is 645 g/mol. The van der Waals surface area contributed by atoms with Crippen LogP contribution < -0.4 is 25.0 Å². The van der Waals surface area contributed by atoms with Crippen LogP contribution in [0.3, 0.4) is 0 Å². The van der Waals surface area contributed by atoms with Gasteiger partial charge in [0.1, 0.15) is 17.3 Å². The number of ether oxygens (including phenoxy) is 2. The molecule has 3 aromatic rings. The van der Waals surface area contributed by atoms with Crippen molar-refractivity contribution < 1.29 is 19.1 Å². The number of hydrogen-bond donors (Lipinski definition) is 2. The van der Waals surface area contributed by atoms with Crippen molar-refractivity contribution in [3.05, 3.63) is 77.0 Å². The normalized spacial score (nSPS) is 14.7. The van der Waals surface area contributed by atoms with Crippen LogP contribution in [0.25, 0.3) is 11.6 Å². The zero-order chi connectivity index (χ0) is 32.6. The summed E-state index contributed by atoms with van der Waals surface area (Å²) < 4.78 is 11.1. The number of hydrogen-bond acceptors (Lipinski definition) is 9. The van der Waals surface area contributed by atoms with E-state index in [1.165, 1.54) is 6.08 Å². The first-order valence-corrected chi connectivity index (χ1v) is 15.6. The van der Waals surface area contributed by atoms with Crippen LogP contribution in [-0.2, 0) is 16.0 Å². The minimum Gasteiger partial charge on any atom is -0.497 e. The standard InChI is InChI=1S/C34H40ClN7O4/c1-5-31(44)38-27-8-6-24(7-9-27)10-12-42-22-26(29-19-28(45-3)20-30(46-4)32(29)35)18-25-21-37-34(39-33(25)42)36-11-13-40-14-16-41(17-15-40)23(2)43/h5-9,18-21H,1,10-17,22H2,2-4H3,(H,38,44)(H,36,37,39). The third-order valence-electron chi connectivity index (χ3n) is 8.21. The van der Waals surface area contributed by atoms with E-state index in [1.807, 2.05) is 41.4 Å². The first-order valence-electron chi connectivity index (χ1n) is 15.3. The molecular formula is C34H40ClN7O4. The lowest BCUT2D eigenvalue weighted by atomic mass is 9.98. The maximum absolute atomic E-state index is 11.7. The van der Waals surface area contributed by atoms with Gasteiger partial charge >= 0.3 is 0 Å². The number of anilines is 3. The summed E-state index contributed by atoms with van der Waals surface area (Å²) in [5.41, 5.74) is 4.53. The first kappa shape index (κ1) is 32.8. The SMILES string of the molecule is C=CC(=O)Nc1ccc(CCN2CC(c3cc(OC)cc(OC)c3Cl)=Cc3cnc(NCCN4CCN(C(C)=O)CC4)nc32)cc1. The highest BCUT2D eigenvalue weighted by Gasteiger charge is 2.25. The Kier molecular flexibility index (Phi) is 10.8. The molecule has 2 aliphatic rings. The quantitative estimate of drug-likeness (QED) is 0.276. The van der Waals surface area contributed by atoms with Gasteiger partial charge in [-0.3, -0.25) is 14.5 Å². The molecule has 1 fully saturated rings. The molecule has 1 saturated heterocycles. The van der Waals surface area contributed by atoms with Gasteiger partial charge in [-0.25, -0.2) is 4.98 Å². The Bertz CT molecular complexity index is 1600. The molecule has 0 radical (unpaired) electrons. The molecule has 2 amide bonds. The summed E-state index contributed by atoms with van der Waals surface area (Å²) >= 11 is 6.81. The highest BCUT2D eigenvalue weighted by molar-refractivity contribution is 6.34. The number of benzene rings is 2. The Morgan fingerprint density at radius 2 is 1.83 bits per heavy atom. The molecule has 2 aromatic carbocycles.